The quantitative estimate of drug-likeness (QED) is 0.754. The maximum absolute atomic E-state index is 14.0. The maximum atomic E-state index is 14.0. The SMILES string of the molecule is COCCN1C(=O)c2ccccc2[C@H](C(=O)N2CCC[C@@H](C(N)=O)C2)[C@@H]1c1ccccc1. The summed E-state index contributed by atoms with van der Waals surface area (Å²) in [4.78, 5) is 42.8. The predicted molar refractivity (Wildman–Crippen MR) is 120 cm³/mol. The van der Waals surface area contributed by atoms with Crippen molar-refractivity contribution in [2.75, 3.05) is 33.4 Å². The molecule has 2 N–H and O–H groups in total. The largest absolute Gasteiger partial charge is 0.383 e. The highest BCUT2D eigenvalue weighted by Gasteiger charge is 2.45. The fourth-order valence-corrected chi connectivity index (χ4v) is 4.92. The zero-order valence-electron chi connectivity index (χ0n) is 18.3. The molecule has 0 aliphatic carbocycles. The van der Waals surface area contributed by atoms with Crippen LogP contribution in [0.15, 0.2) is 54.6 Å². The molecule has 7 nitrogen and oxygen atoms in total. The van der Waals surface area contributed by atoms with E-state index in [1.165, 1.54) is 0 Å². The van der Waals surface area contributed by atoms with Crippen LogP contribution < -0.4 is 5.73 Å². The monoisotopic (exact) mass is 435 g/mol. The van der Waals surface area contributed by atoms with Crippen molar-refractivity contribution in [1.82, 2.24) is 9.80 Å². The Balaban J connectivity index is 1.80. The van der Waals surface area contributed by atoms with Crippen molar-refractivity contribution < 1.29 is 19.1 Å². The van der Waals surface area contributed by atoms with Crippen LogP contribution in [0.2, 0.25) is 0 Å². The molecule has 0 aromatic heterocycles. The van der Waals surface area contributed by atoms with Gasteiger partial charge in [0.15, 0.2) is 0 Å². The number of nitrogens with zero attached hydrogens (tertiary/aromatic N) is 2. The molecule has 168 valence electrons. The number of primary amides is 1. The molecule has 2 aliphatic heterocycles. The van der Waals surface area contributed by atoms with E-state index in [-0.39, 0.29) is 23.6 Å². The summed E-state index contributed by atoms with van der Waals surface area (Å²) in [5.41, 5.74) is 7.72. The van der Waals surface area contributed by atoms with Crippen molar-refractivity contribution in [3.63, 3.8) is 0 Å². The lowest BCUT2D eigenvalue weighted by atomic mass is 9.78. The number of nitrogens with two attached hydrogens (primary N) is 1. The Kier molecular flexibility index (Phi) is 6.55. The summed E-state index contributed by atoms with van der Waals surface area (Å²) in [5, 5.41) is 0. The van der Waals surface area contributed by atoms with Gasteiger partial charge in [0.1, 0.15) is 0 Å². The van der Waals surface area contributed by atoms with E-state index in [4.69, 9.17) is 10.5 Å². The van der Waals surface area contributed by atoms with E-state index in [2.05, 4.69) is 0 Å². The second kappa shape index (κ2) is 9.53. The summed E-state index contributed by atoms with van der Waals surface area (Å²) in [6, 6.07) is 16.5. The molecule has 0 unspecified atom stereocenters. The van der Waals surface area contributed by atoms with E-state index < -0.39 is 12.0 Å². The number of piperidine rings is 1. The summed E-state index contributed by atoms with van der Waals surface area (Å²) in [6.45, 7) is 1.64. The molecule has 7 heteroatoms. The third-order valence-electron chi connectivity index (χ3n) is 6.52. The normalized spacial score (nSPS) is 23.0. The number of methoxy groups -OCH3 is 1. The highest BCUT2D eigenvalue weighted by Crippen LogP contribution is 2.44. The molecule has 32 heavy (non-hydrogen) atoms. The molecule has 2 aliphatic rings. The highest BCUT2D eigenvalue weighted by molar-refractivity contribution is 6.01. The van der Waals surface area contributed by atoms with Gasteiger partial charge in [-0.3, -0.25) is 14.4 Å². The van der Waals surface area contributed by atoms with Gasteiger partial charge in [-0.2, -0.15) is 0 Å². The van der Waals surface area contributed by atoms with Gasteiger partial charge in [0.2, 0.25) is 11.8 Å². The summed E-state index contributed by atoms with van der Waals surface area (Å²) in [5.74, 6) is -1.47. The minimum absolute atomic E-state index is 0.0767. The number of fused-ring (bicyclic) bond motifs is 1. The molecule has 0 spiro atoms. The van der Waals surface area contributed by atoms with Gasteiger partial charge >= 0.3 is 0 Å². The Morgan fingerprint density at radius 2 is 1.81 bits per heavy atom. The lowest BCUT2D eigenvalue weighted by Gasteiger charge is -2.44. The standard InChI is InChI=1S/C25H29N3O4/c1-32-15-14-28-22(17-8-3-2-4-9-17)21(19-11-5-6-12-20(19)24(28)30)25(31)27-13-7-10-18(16-27)23(26)29/h2-6,8-9,11-12,18,21-22H,7,10,13-16H2,1H3,(H2,26,29)/t18-,21+,22+/m1/s1. The van der Waals surface area contributed by atoms with Crippen molar-refractivity contribution >= 4 is 17.7 Å². The first kappa shape index (κ1) is 22.0. The molecule has 2 heterocycles. The first-order valence-corrected chi connectivity index (χ1v) is 11.0. The van der Waals surface area contributed by atoms with E-state index in [9.17, 15) is 14.4 Å². The molecule has 1 fully saturated rings. The topological polar surface area (TPSA) is 92.9 Å². The number of likely N-dealkylation sites (tertiary alicyclic amines) is 1. The average molecular weight is 436 g/mol. The molecule has 1 saturated heterocycles. The molecular weight excluding hydrogens is 406 g/mol. The van der Waals surface area contributed by atoms with Crippen LogP contribution >= 0.6 is 0 Å². The molecular formula is C25H29N3O4. The number of hydrogen-bond donors (Lipinski definition) is 1. The van der Waals surface area contributed by atoms with Crippen LogP contribution in [-0.4, -0.2) is 60.9 Å². The summed E-state index contributed by atoms with van der Waals surface area (Å²) in [6.07, 6.45) is 1.43. The van der Waals surface area contributed by atoms with Crippen LogP contribution in [0.3, 0.4) is 0 Å². The van der Waals surface area contributed by atoms with Crippen LogP contribution in [-0.2, 0) is 14.3 Å². The number of hydrogen-bond acceptors (Lipinski definition) is 4. The van der Waals surface area contributed by atoms with Crippen LogP contribution in [0.4, 0.5) is 0 Å². The summed E-state index contributed by atoms with van der Waals surface area (Å²) < 4.78 is 5.28. The van der Waals surface area contributed by atoms with Gasteiger partial charge in [0.25, 0.3) is 5.91 Å². The fraction of sp³-hybridized carbons (Fsp3) is 0.400. The van der Waals surface area contributed by atoms with Gasteiger partial charge in [-0.15, -0.1) is 0 Å². The van der Waals surface area contributed by atoms with Crippen LogP contribution in [0.1, 0.15) is 46.3 Å². The lowest BCUT2D eigenvalue weighted by Crippen LogP contribution is -2.51. The van der Waals surface area contributed by atoms with E-state index >= 15 is 0 Å². The van der Waals surface area contributed by atoms with Gasteiger partial charge in [0.05, 0.1) is 24.5 Å². The fourth-order valence-electron chi connectivity index (χ4n) is 4.92. The lowest BCUT2D eigenvalue weighted by molar-refractivity contribution is -0.138. The third-order valence-corrected chi connectivity index (χ3v) is 6.52. The number of ether oxygens (including phenoxy) is 1. The van der Waals surface area contributed by atoms with Crippen molar-refractivity contribution in [2.45, 2.75) is 24.8 Å². The second-order valence-corrected chi connectivity index (χ2v) is 8.44. The molecule has 2 aromatic rings. The molecule has 2 aromatic carbocycles. The van der Waals surface area contributed by atoms with Crippen molar-refractivity contribution in [2.24, 2.45) is 11.7 Å². The second-order valence-electron chi connectivity index (χ2n) is 8.44. The zero-order chi connectivity index (χ0) is 22.7. The van der Waals surface area contributed by atoms with Gasteiger partial charge in [-0.05, 0) is 30.0 Å². The minimum atomic E-state index is -0.574. The van der Waals surface area contributed by atoms with E-state index in [1.54, 1.807) is 23.0 Å². The smallest absolute Gasteiger partial charge is 0.254 e. The zero-order valence-corrected chi connectivity index (χ0v) is 18.3. The minimum Gasteiger partial charge on any atom is -0.383 e. The van der Waals surface area contributed by atoms with Crippen LogP contribution in [0, 0.1) is 5.92 Å². The highest BCUT2D eigenvalue weighted by atomic mass is 16.5. The van der Waals surface area contributed by atoms with E-state index in [1.807, 2.05) is 48.5 Å². The summed E-state index contributed by atoms with van der Waals surface area (Å²) in [7, 11) is 1.60. The Bertz CT molecular complexity index is 994. The summed E-state index contributed by atoms with van der Waals surface area (Å²) >= 11 is 0. The Hall–Kier alpha value is -3.19. The van der Waals surface area contributed by atoms with Gasteiger partial charge in [-0.25, -0.2) is 0 Å². The maximum Gasteiger partial charge on any atom is 0.254 e. The van der Waals surface area contributed by atoms with Gasteiger partial charge in [0, 0.05) is 32.3 Å². The molecule has 0 bridgehead atoms. The van der Waals surface area contributed by atoms with E-state index in [0.29, 0.717) is 38.2 Å². The van der Waals surface area contributed by atoms with Crippen molar-refractivity contribution in [1.29, 1.82) is 0 Å². The van der Waals surface area contributed by atoms with Crippen molar-refractivity contribution in [3.8, 4) is 0 Å². The van der Waals surface area contributed by atoms with Gasteiger partial charge < -0.3 is 20.3 Å². The first-order chi connectivity index (χ1) is 15.5. The molecule has 0 radical (unpaired) electrons. The Morgan fingerprint density at radius 3 is 2.53 bits per heavy atom. The van der Waals surface area contributed by atoms with Gasteiger partial charge in [-0.1, -0.05) is 48.5 Å². The molecule has 4 rings (SSSR count). The number of carbonyl (C=O) groups excluding carboxylic acids is 3. The number of amides is 3. The number of carbonyl (C=O) groups is 3. The third kappa shape index (κ3) is 4.12. The van der Waals surface area contributed by atoms with Crippen LogP contribution in [0.25, 0.3) is 0 Å². The number of rotatable bonds is 6. The van der Waals surface area contributed by atoms with Crippen LogP contribution in [0.5, 0.6) is 0 Å². The Morgan fingerprint density at radius 1 is 1.09 bits per heavy atom. The molecule has 3 atom stereocenters. The predicted octanol–water partition coefficient (Wildman–Crippen LogP) is 2.34. The first-order valence-electron chi connectivity index (χ1n) is 11.0. The van der Waals surface area contributed by atoms with E-state index in [0.717, 1.165) is 17.5 Å². The van der Waals surface area contributed by atoms with Crippen molar-refractivity contribution in [3.05, 3.63) is 71.3 Å². The average Bonchev–Trinajstić information content (AvgIpc) is 2.83. The molecule has 0 saturated carbocycles. The number of benzene rings is 2. The molecule has 3 amide bonds. The Labute approximate surface area is 188 Å².